The molecule has 0 saturated carbocycles. The maximum Gasteiger partial charge on any atom is 0.272 e. The highest BCUT2D eigenvalue weighted by molar-refractivity contribution is 7.89. The molecule has 26 heavy (non-hydrogen) atoms. The third kappa shape index (κ3) is 4.01. The van der Waals surface area contributed by atoms with Crippen molar-refractivity contribution in [3.8, 4) is 0 Å². The monoisotopic (exact) mass is 377 g/mol. The van der Waals surface area contributed by atoms with E-state index in [1.807, 2.05) is 42.2 Å². The second-order valence-corrected chi connectivity index (χ2v) is 7.80. The zero-order valence-electron chi connectivity index (χ0n) is 14.1. The van der Waals surface area contributed by atoms with E-state index in [0.29, 0.717) is 18.8 Å². The van der Waals surface area contributed by atoms with Crippen molar-refractivity contribution in [2.75, 3.05) is 18.0 Å². The van der Waals surface area contributed by atoms with Crippen LogP contribution in [0.5, 0.6) is 0 Å². The molecule has 1 aliphatic heterocycles. The van der Waals surface area contributed by atoms with Crippen LogP contribution >= 0.6 is 0 Å². The molecular weight excluding hydrogens is 358 g/mol. The quantitative estimate of drug-likeness (QED) is 0.645. The predicted octanol–water partition coefficient (Wildman–Crippen LogP) is 2.21. The number of nitrogens with two attached hydrogens (primary N) is 1. The highest BCUT2D eigenvalue weighted by Crippen LogP contribution is 2.32. The molecule has 9 heteroatoms. The van der Waals surface area contributed by atoms with Crippen molar-refractivity contribution in [2.24, 2.45) is 5.14 Å². The Balaban J connectivity index is 1.99. The van der Waals surface area contributed by atoms with Crippen LogP contribution in [0.4, 0.5) is 11.4 Å². The van der Waals surface area contributed by atoms with Gasteiger partial charge in [0.25, 0.3) is 5.69 Å². The van der Waals surface area contributed by atoms with E-state index in [0.717, 1.165) is 11.6 Å². The van der Waals surface area contributed by atoms with Gasteiger partial charge in [-0.1, -0.05) is 30.3 Å². The van der Waals surface area contributed by atoms with Gasteiger partial charge in [-0.25, -0.2) is 13.6 Å². The van der Waals surface area contributed by atoms with Crippen LogP contribution in [0.25, 0.3) is 0 Å². The summed E-state index contributed by atoms with van der Waals surface area (Å²) in [7, 11) is -4.06. The normalized spacial score (nSPS) is 20.8. The van der Waals surface area contributed by atoms with E-state index in [1.54, 1.807) is 0 Å². The lowest BCUT2D eigenvalue weighted by Crippen LogP contribution is -2.43. The molecule has 2 atom stereocenters. The minimum absolute atomic E-state index is 0.133. The summed E-state index contributed by atoms with van der Waals surface area (Å²) in [5, 5.41) is 16.4. The minimum atomic E-state index is -4.06. The first-order valence-corrected chi connectivity index (χ1v) is 9.56. The molecule has 1 saturated heterocycles. The molecule has 0 amide bonds. The first-order valence-electron chi connectivity index (χ1n) is 8.01. The number of rotatable bonds is 4. The second-order valence-electron chi connectivity index (χ2n) is 6.24. The Morgan fingerprint density at radius 3 is 2.50 bits per heavy atom. The predicted molar refractivity (Wildman–Crippen MR) is 96.4 cm³/mol. The molecule has 2 aromatic rings. The highest BCUT2D eigenvalue weighted by atomic mass is 32.2. The van der Waals surface area contributed by atoms with Crippen molar-refractivity contribution < 1.29 is 18.1 Å². The molecule has 0 aromatic heterocycles. The average Bonchev–Trinajstić information content (AvgIpc) is 2.61. The van der Waals surface area contributed by atoms with Crippen LogP contribution in [0, 0.1) is 10.1 Å². The number of hydrogen-bond acceptors (Lipinski definition) is 6. The average molecular weight is 377 g/mol. The zero-order valence-corrected chi connectivity index (χ0v) is 14.9. The Bertz CT molecular complexity index is 917. The number of primary sulfonamides is 1. The van der Waals surface area contributed by atoms with Crippen LogP contribution in [0.15, 0.2) is 53.4 Å². The summed E-state index contributed by atoms with van der Waals surface area (Å²) in [6, 6.07) is 13.3. The van der Waals surface area contributed by atoms with Gasteiger partial charge in [-0.05, 0) is 18.6 Å². The molecule has 0 spiro atoms. The Kier molecular flexibility index (Phi) is 4.94. The summed E-state index contributed by atoms with van der Waals surface area (Å²) >= 11 is 0. The van der Waals surface area contributed by atoms with E-state index >= 15 is 0 Å². The zero-order chi connectivity index (χ0) is 18.9. The molecule has 1 aliphatic rings. The van der Waals surface area contributed by atoms with Gasteiger partial charge < -0.3 is 9.64 Å². The number of morpholine rings is 1. The lowest BCUT2D eigenvalue weighted by atomic mass is 10.1. The number of benzene rings is 2. The highest BCUT2D eigenvalue weighted by Gasteiger charge is 2.28. The van der Waals surface area contributed by atoms with Crippen LogP contribution in [-0.4, -0.2) is 32.5 Å². The number of ether oxygens (including phenoxy) is 1. The molecule has 138 valence electrons. The van der Waals surface area contributed by atoms with E-state index in [9.17, 15) is 18.5 Å². The van der Waals surface area contributed by atoms with Gasteiger partial charge in [-0.15, -0.1) is 0 Å². The molecular formula is C17H19N3O5S. The molecule has 2 aromatic carbocycles. The molecule has 0 aliphatic carbocycles. The third-order valence-corrected chi connectivity index (χ3v) is 5.10. The number of anilines is 1. The topological polar surface area (TPSA) is 116 Å². The summed E-state index contributed by atoms with van der Waals surface area (Å²) in [6.45, 7) is 2.83. The van der Waals surface area contributed by atoms with Crippen molar-refractivity contribution in [1.82, 2.24) is 0 Å². The van der Waals surface area contributed by atoms with E-state index < -0.39 is 14.9 Å². The van der Waals surface area contributed by atoms with Gasteiger partial charge in [0.05, 0.1) is 15.9 Å². The molecule has 0 bridgehead atoms. The maximum atomic E-state index is 11.7. The third-order valence-electron chi connectivity index (χ3n) is 4.21. The number of nitro benzene ring substituents is 1. The minimum Gasteiger partial charge on any atom is -0.367 e. The lowest BCUT2D eigenvalue weighted by molar-refractivity contribution is -0.385. The molecule has 2 unspecified atom stereocenters. The van der Waals surface area contributed by atoms with E-state index in [1.165, 1.54) is 12.1 Å². The van der Waals surface area contributed by atoms with E-state index in [2.05, 4.69) is 0 Å². The van der Waals surface area contributed by atoms with Gasteiger partial charge in [-0.2, -0.15) is 0 Å². The van der Waals surface area contributed by atoms with Crippen LogP contribution in [0.2, 0.25) is 0 Å². The summed E-state index contributed by atoms with van der Waals surface area (Å²) in [4.78, 5) is 12.2. The largest absolute Gasteiger partial charge is 0.367 e. The molecule has 8 nitrogen and oxygen atoms in total. The molecule has 3 rings (SSSR count). The number of nitro groups is 1. The summed E-state index contributed by atoms with van der Waals surface area (Å²) in [5.41, 5.74) is 1.10. The Morgan fingerprint density at radius 1 is 1.19 bits per heavy atom. The molecule has 2 N–H and O–H groups in total. The summed E-state index contributed by atoms with van der Waals surface area (Å²) in [6.07, 6.45) is -0.358. The van der Waals surface area contributed by atoms with Crippen LogP contribution < -0.4 is 10.0 Å². The first kappa shape index (κ1) is 18.3. The van der Waals surface area contributed by atoms with Gasteiger partial charge >= 0.3 is 0 Å². The van der Waals surface area contributed by atoms with Gasteiger partial charge in [0, 0.05) is 30.9 Å². The fraction of sp³-hybridized carbons (Fsp3) is 0.294. The molecule has 0 radical (unpaired) electrons. The Morgan fingerprint density at radius 2 is 1.88 bits per heavy atom. The maximum absolute atomic E-state index is 11.7. The lowest BCUT2D eigenvalue weighted by Gasteiger charge is -2.38. The van der Waals surface area contributed by atoms with Gasteiger partial charge in [0.15, 0.2) is 0 Å². The van der Waals surface area contributed by atoms with E-state index in [4.69, 9.17) is 9.88 Å². The van der Waals surface area contributed by atoms with Crippen molar-refractivity contribution in [3.63, 3.8) is 0 Å². The Labute approximate surface area is 151 Å². The van der Waals surface area contributed by atoms with Gasteiger partial charge in [0.1, 0.15) is 6.10 Å². The summed E-state index contributed by atoms with van der Waals surface area (Å²) in [5.74, 6) is 0. The number of hydrogen-bond donors (Lipinski definition) is 1. The Hall–Kier alpha value is -2.49. The van der Waals surface area contributed by atoms with Crippen molar-refractivity contribution in [2.45, 2.75) is 24.0 Å². The SMILES string of the molecule is CC1CN(c2cc([N+](=O)[O-])cc(S(N)(=O)=O)c2)CC(c2ccccc2)O1. The smallest absolute Gasteiger partial charge is 0.272 e. The van der Waals surface area contributed by atoms with Crippen molar-refractivity contribution in [3.05, 3.63) is 64.2 Å². The second kappa shape index (κ2) is 7.02. The van der Waals surface area contributed by atoms with Crippen LogP contribution in [0.1, 0.15) is 18.6 Å². The number of nitrogens with zero attached hydrogens (tertiary/aromatic N) is 2. The van der Waals surface area contributed by atoms with Gasteiger partial charge in [0.2, 0.25) is 10.0 Å². The molecule has 1 fully saturated rings. The number of non-ortho nitro benzene ring substituents is 1. The van der Waals surface area contributed by atoms with Gasteiger partial charge in [-0.3, -0.25) is 10.1 Å². The van der Waals surface area contributed by atoms with E-state index in [-0.39, 0.29) is 22.8 Å². The standard InChI is InChI=1S/C17H19N3O5S/c1-12-10-19(11-17(25-12)13-5-3-2-4-6-13)14-7-15(20(21)22)9-16(8-14)26(18,23)24/h2-9,12,17H,10-11H2,1H3,(H2,18,23,24). The first-order chi connectivity index (χ1) is 12.2. The molecule has 1 heterocycles. The van der Waals surface area contributed by atoms with Crippen LogP contribution in [0.3, 0.4) is 0 Å². The number of sulfonamides is 1. The summed E-state index contributed by atoms with van der Waals surface area (Å²) < 4.78 is 29.4. The van der Waals surface area contributed by atoms with Crippen molar-refractivity contribution >= 4 is 21.4 Å². The fourth-order valence-electron chi connectivity index (χ4n) is 3.03. The van der Waals surface area contributed by atoms with Crippen molar-refractivity contribution in [1.29, 1.82) is 0 Å². The fourth-order valence-corrected chi connectivity index (χ4v) is 3.60. The van der Waals surface area contributed by atoms with Crippen LogP contribution in [-0.2, 0) is 14.8 Å².